The molecule has 29 heavy (non-hydrogen) atoms. The summed E-state index contributed by atoms with van der Waals surface area (Å²) in [7, 11) is -5.74. The minimum Gasteiger partial charge on any atom is -0.323 e. The molecule has 0 aliphatic heterocycles. The summed E-state index contributed by atoms with van der Waals surface area (Å²) in [6, 6.07) is 3.37. The van der Waals surface area contributed by atoms with Gasteiger partial charge >= 0.3 is 0 Å². The maximum Gasteiger partial charge on any atom is 0.296 e. The van der Waals surface area contributed by atoms with Gasteiger partial charge in [-0.05, 0) is 36.7 Å². The fraction of sp³-hybridized carbons (Fsp3) is 0.357. The van der Waals surface area contributed by atoms with Crippen molar-refractivity contribution in [3.8, 4) is 0 Å². The molecule has 0 saturated heterocycles. The fourth-order valence-corrected chi connectivity index (χ4v) is 3.14. The first kappa shape index (κ1) is 30.1. The van der Waals surface area contributed by atoms with Gasteiger partial charge in [-0.3, -0.25) is 9.27 Å². The maximum atomic E-state index is 11.5. The Morgan fingerprint density at radius 1 is 1.07 bits per heavy atom. The van der Waals surface area contributed by atoms with E-state index in [2.05, 4.69) is 34.2 Å². The fourth-order valence-electron chi connectivity index (χ4n) is 1.76. The van der Waals surface area contributed by atoms with Crippen LogP contribution in [0.5, 0.6) is 0 Å². The Hall–Kier alpha value is -1.07. The summed E-state index contributed by atoms with van der Waals surface area (Å²) < 4.78 is 57.0. The van der Waals surface area contributed by atoms with Crippen LogP contribution in [0.3, 0.4) is 0 Å². The number of aryl methyl sites for hydroxylation is 1. The number of benzene rings is 1. The van der Waals surface area contributed by atoms with Gasteiger partial charge in [-0.2, -0.15) is 18.4 Å². The minimum absolute atomic E-state index is 0. The first-order valence-corrected chi connectivity index (χ1v) is 12.6. The molecule has 3 N–H and O–H groups in total. The SMILES string of the molecule is CC.CP.Cc1nc(Cl)nc(Nc2cc(NS(C)(=O)=O)ccc2S(=O)(=O)O)n1.[Cu]. The van der Waals surface area contributed by atoms with Crippen molar-refractivity contribution in [1.29, 1.82) is 0 Å². The zero-order valence-corrected chi connectivity index (χ0v) is 20.7. The molecule has 0 saturated carbocycles. The van der Waals surface area contributed by atoms with E-state index in [0.717, 1.165) is 18.4 Å². The smallest absolute Gasteiger partial charge is 0.296 e. The van der Waals surface area contributed by atoms with E-state index in [-0.39, 0.29) is 45.5 Å². The summed E-state index contributed by atoms with van der Waals surface area (Å²) >= 11 is 5.70. The van der Waals surface area contributed by atoms with Gasteiger partial charge in [-0.15, -0.1) is 9.24 Å². The number of rotatable bonds is 5. The maximum absolute atomic E-state index is 11.5. The summed E-state index contributed by atoms with van der Waals surface area (Å²) in [6.07, 6.45) is 0.936. The number of nitrogens with zero attached hydrogens (tertiary/aromatic N) is 3. The Morgan fingerprint density at radius 3 is 2.07 bits per heavy atom. The van der Waals surface area contributed by atoms with Gasteiger partial charge in [0.15, 0.2) is 0 Å². The molecule has 1 heterocycles. The summed E-state index contributed by atoms with van der Waals surface area (Å²) in [6.45, 7) is 7.46. The largest absolute Gasteiger partial charge is 0.323 e. The molecular weight excluding hydrogens is 512 g/mol. The van der Waals surface area contributed by atoms with Crippen LogP contribution in [0.1, 0.15) is 19.7 Å². The van der Waals surface area contributed by atoms with Gasteiger partial charge in [-0.1, -0.05) is 20.5 Å². The van der Waals surface area contributed by atoms with Crippen LogP contribution in [0.15, 0.2) is 23.1 Å². The first-order valence-electron chi connectivity index (χ1n) is 7.76. The molecule has 0 spiro atoms. The predicted octanol–water partition coefficient (Wildman–Crippen LogP) is 2.71. The molecule has 2 rings (SSSR count). The second-order valence-electron chi connectivity index (χ2n) is 4.66. The van der Waals surface area contributed by atoms with Crippen LogP contribution in [-0.4, -0.2) is 49.3 Å². The van der Waals surface area contributed by atoms with E-state index in [1.165, 1.54) is 6.07 Å². The molecule has 2 aromatic rings. The topological polar surface area (TPSA) is 151 Å². The third-order valence-electron chi connectivity index (χ3n) is 2.53. The molecule has 1 radical (unpaired) electrons. The molecule has 10 nitrogen and oxygen atoms in total. The van der Waals surface area contributed by atoms with E-state index in [1.54, 1.807) is 6.92 Å². The molecule has 1 unspecified atom stereocenters. The molecule has 0 aliphatic carbocycles. The Balaban J connectivity index is 0. The van der Waals surface area contributed by atoms with E-state index in [1.807, 2.05) is 20.5 Å². The van der Waals surface area contributed by atoms with Crippen molar-refractivity contribution in [3.63, 3.8) is 0 Å². The summed E-state index contributed by atoms with van der Waals surface area (Å²) in [5.41, 5.74) is -0.0721. The third kappa shape index (κ3) is 11.0. The van der Waals surface area contributed by atoms with Crippen molar-refractivity contribution in [2.75, 3.05) is 23.0 Å². The van der Waals surface area contributed by atoms with Crippen molar-refractivity contribution in [2.45, 2.75) is 25.7 Å². The number of halogens is 1. The Morgan fingerprint density at radius 2 is 1.62 bits per heavy atom. The van der Waals surface area contributed by atoms with Gasteiger partial charge in [0.2, 0.25) is 21.3 Å². The zero-order valence-electron chi connectivity index (χ0n) is 16.2. The van der Waals surface area contributed by atoms with Crippen LogP contribution in [0, 0.1) is 6.92 Å². The van der Waals surface area contributed by atoms with Gasteiger partial charge in [0.25, 0.3) is 10.1 Å². The Kier molecular flexibility index (Phi) is 13.8. The van der Waals surface area contributed by atoms with Crippen molar-refractivity contribution in [1.82, 2.24) is 15.0 Å². The number of aromatic nitrogens is 3. The van der Waals surface area contributed by atoms with Gasteiger partial charge in [0.1, 0.15) is 10.7 Å². The summed E-state index contributed by atoms with van der Waals surface area (Å²) in [4.78, 5) is 11.0. The molecule has 0 amide bonds. The van der Waals surface area contributed by atoms with Crippen molar-refractivity contribution < 1.29 is 38.5 Å². The molecule has 1 aromatic heterocycles. The van der Waals surface area contributed by atoms with Gasteiger partial charge in [-0.25, -0.2) is 13.4 Å². The van der Waals surface area contributed by atoms with Crippen molar-refractivity contribution in [3.05, 3.63) is 29.3 Å². The van der Waals surface area contributed by atoms with Crippen molar-refractivity contribution >= 4 is 58.3 Å². The average Bonchev–Trinajstić information content (AvgIpc) is 2.55. The molecular formula is C14H23ClCuN5O5PS2. The molecule has 15 heteroatoms. The molecule has 1 aromatic carbocycles. The Bertz CT molecular complexity index is 989. The zero-order chi connectivity index (χ0) is 22.1. The first-order chi connectivity index (χ1) is 12.9. The molecule has 0 fully saturated rings. The second-order valence-corrected chi connectivity index (χ2v) is 8.14. The molecule has 1 atom stereocenters. The van der Waals surface area contributed by atoms with Gasteiger partial charge in [0.05, 0.1) is 17.6 Å². The summed E-state index contributed by atoms with van der Waals surface area (Å²) in [5, 5.41) is 2.44. The number of hydrogen-bond acceptors (Lipinski definition) is 8. The van der Waals surface area contributed by atoms with E-state index in [0.29, 0.717) is 0 Å². The van der Waals surface area contributed by atoms with Gasteiger partial charge in [0, 0.05) is 17.1 Å². The van der Waals surface area contributed by atoms with E-state index in [4.69, 9.17) is 11.6 Å². The number of sulfonamides is 1. The second kappa shape index (κ2) is 13.3. The average molecular weight is 535 g/mol. The predicted molar refractivity (Wildman–Crippen MR) is 115 cm³/mol. The van der Waals surface area contributed by atoms with Gasteiger partial charge < -0.3 is 5.32 Å². The quantitative estimate of drug-likeness (QED) is 0.298. The molecule has 0 bridgehead atoms. The summed E-state index contributed by atoms with van der Waals surface area (Å²) in [5.74, 6) is 0.199. The van der Waals surface area contributed by atoms with Crippen LogP contribution < -0.4 is 10.0 Å². The minimum atomic E-state index is -4.58. The third-order valence-corrected chi connectivity index (χ3v) is 4.21. The van der Waals surface area contributed by atoms with Crippen LogP contribution in [0.4, 0.5) is 17.3 Å². The van der Waals surface area contributed by atoms with Crippen LogP contribution in [0.25, 0.3) is 0 Å². The number of nitrogens with one attached hydrogen (secondary N) is 2. The normalized spacial score (nSPS) is 10.3. The van der Waals surface area contributed by atoms with E-state index in [9.17, 15) is 21.4 Å². The number of hydrogen-bond donors (Lipinski definition) is 3. The van der Waals surface area contributed by atoms with Crippen LogP contribution >= 0.6 is 20.8 Å². The van der Waals surface area contributed by atoms with Crippen LogP contribution in [-0.2, 0) is 37.2 Å². The van der Waals surface area contributed by atoms with E-state index < -0.39 is 25.0 Å². The number of anilines is 3. The van der Waals surface area contributed by atoms with E-state index >= 15 is 0 Å². The monoisotopic (exact) mass is 534 g/mol. The Labute approximate surface area is 189 Å². The van der Waals surface area contributed by atoms with Crippen LogP contribution in [0.2, 0.25) is 5.28 Å². The molecule has 0 aliphatic rings. The molecule has 169 valence electrons. The van der Waals surface area contributed by atoms with Crippen molar-refractivity contribution in [2.24, 2.45) is 0 Å². The standard InChI is InChI=1S/C11H12ClN5O5S2.C2H6.CH5P.Cu/c1-6-13-10(12)16-11(14-6)15-8-5-7(17-23(2,18)19)3-4-9(8)24(20,21)22;2*1-2;/h3-5,17H,1-2H3,(H,20,21,22)(H,13,14,15,16);1-2H3;2H2,1H3;.